The quantitative estimate of drug-likeness (QED) is 0.671. The molecule has 1 aliphatic rings. The second-order valence-electron chi connectivity index (χ2n) is 6.95. The monoisotopic (exact) mass is 411 g/mol. The van der Waals surface area contributed by atoms with Gasteiger partial charge in [-0.15, -0.1) is 10.2 Å². The van der Waals surface area contributed by atoms with Crippen LogP contribution in [-0.2, 0) is 11.3 Å². The number of rotatable bonds is 6. The van der Waals surface area contributed by atoms with Gasteiger partial charge >= 0.3 is 0 Å². The van der Waals surface area contributed by atoms with Crippen LogP contribution >= 0.6 is 11.6 Å². The number of piperazine rings is 1. The first-order valence-corrected chi connectivity index (χ1v) is 9.92. The van der Waals surface area contributed by atoms with Crippen LogP contribution in [0.3, 0.4) is 0 Å². The second kappa shape index (κ2) is 9.17. The van der Waals surface area contributed by atoms with Crippen LogP contribution in [0.15, 0.2) is 59.0 Å². The van der Waals surface area contributed by atoms with E-state index in [0.29, 0.717) is 35.6 Å². The number of nitrogens with zero attached hydrogens (tertiary/aromatic N) is 4. The van der Waals surface area contributed by atoms with Crippen LogP contribution < -0.4 is 5.32 Å². The van der Waals surface area contributed by atoms with Crippen LogP contribution in [0.2, 0.25) is 5.02 Å². The lowest BCUT2D eigenvalue weighted by atomic mass is 10.2. The van der Waals surface area contributed by atoms with Crippen LogP contribution in [0.1, 0.15) is 5.89 Å². The molecule has 0 atom stereocenters. The molecule has 1 aromatic heterocycles. The van der Waals surface area contributed by atoms with Gasteiger partial charge in [-0.2, -0.15) is 0 Å². The number of benzene rings is 2. The smallest absolute Gasteiger partial charge is 0.247 e. The molecule has 0 aliphatic carbocycles. The maximum Gasteiger partial charge on any atom is 0.247 e. The highest BCUT2D eigenvalue weighted by atomic mass is 35.5. The summed E-state index contributed by atoms with van der Waals surface area (Å²) < 4.78 is 5.79. The molecular weight excluding hydrogens is 390 g/mol. The molecule has 2 heterocycles. The molecule has 0 saturated carbocycles. The zero-order valence-electron chi connectivity index (χ0n) is 15.9. The molecule has 0 radical (unpaired) electrons. The van der Waals surface area contributed by atoms with Crippen molar-refractivity contribution in [1.29, 1.82) is 0 Å². The summed E-state index contributed by atoms with van der Waals surface area (Å²) in [5, 5.41) is 11.7. The van der Waals surface area contributed by atoms with E-state index in [1.807, 2.05) is 42.5 Å². The minimum atomic E-state index is -0.0593. The third kappa shape index (κ3) is 5.20. The van der Waals surface area contributed by atoms with Crippen molar-refractivity contribution in [1.82, 2.24) is 20.0 Å². The summed E-state index contributed by atoms with van der Waals surface area (Å²) in [6.07, 6.45) is 0. The number of nitrogens with one attached hydrogen (secondary N) is 1. The van der Waals surface area contributed by atoms with Gasteiger partial charge in [0.1, 0.15) is 0 Å². The highest BCUT2D eigenvalue weighted by Crippen LogP contribution is 2.20. The molecule has 1 saturated heterocycles. The number of amides is 1. The van der Waals surface area contributed by atoms with E-state index in [-0.39, 0.29) is 5.91 Å². The number of anilines is 1. The summed E-state index contributed by atoms with van der Waals surface area (Å²) in [5.74, 6) is 1.08. The fraction of sp³-hybridized carbons (Fsp3) is 0.286. The maximum absolute atomic E-state index is 12.3. The first-order valence-electron chi connectivity index (χ1n) is 9.54. The van der Waals surface area contributed by atoms with Gasteiger partial charge in [0.05, 0.1) is 23.8 Å². The molecule has 3 aromatic rings. The third-order valence-electron chi connectivity index (χ3n) is 4.83. The van der Waals surface area contributed by atoms with Crippen molar-refractivity contribution in [3.8, 4) is 11.5 Å². The number of hydrogen-bond donors (Lipinski definition) is 1. The van der Waals surface area contributed by atoms with E-state index in [9.17, 15) is 4.79 Å². The average Bonchev–Trinajstić information content (AvgIpc) is 3.20. The van der Waals surface area contributed by atoms with Gasteiger partial charge in [-0.05, 0) is 24.3 Å². The highest BCUT2D eigenvalue weighted by Gasteiger charge is 2.21. The Balaban J connectivity index is 1.24. The van der Waals surface area contributed by atoms with Crippen molar-refractivity contribution in [2.75, 3.05) is 38.0 Å². The number of carbonyl (C=O) groups excluding carboxylic acids is 1. The Labute approximate surface area is 174 Å². The van der Waals surface area contributed by atoms with Crippen molar-refractivity contribution in [2.45, 2.75) is 6.54 Å². The number of aromatic nitrogens is 2. The van der Waals surface area contributed by atoms with Crippen molar-refractivity contribution < 1.29 is 9.21 Å². The fourth-order valence-corrected chi connectivity index (χ4v) is 3.45. The third-order valence-corrected chi connectivity index (χ3v) is 5.16. The minimum Gasteiger partial charge on any atom is -0.419 e. The van der Waals surface area contributed by atoms with E-state index >= 15 is 0 Å². The molecule has 2 aromatic carbocycles. The van der Waals surface area contributed by atoms with Crippen molar-refractivity contribution >= 4 is 23.2 Å². The van der Waals surface area contributed by atoms with E-state index in [4.69, 9.17) is 16.0 Å². The van der Waals surface area contributed by atoms with Crippen LogP contribution in [0.25, 0.3) is 11.5 Å². The molecule has 1 N–H and O–H groups in total. The van der Waals surface area contributed by atoms with Gasteiger partial charge in [-0.25, -0.2) is 0 Å². The van der Waals surface area contributed by atoms with Crippen LogP contribution in [0.5, 0.6) is 0 Å². The van der Waals surface area contributed by atoms with Crippen LogP contribution in [0, 0.1) is 0 Å². The molecule has 0 unspecified atom stereocenters. The summed E-state index contributed by atoms with van der Waals surface area (Å²) >= 11 is 6.09. The molecule has 8 heteroatoms. The standard InChI is InChI=1S/C21H22ClN5O2/c22-17-8-4-5-9-18(17)23-19(28)14-26-10-12-27(13-11-26)15-20-24-25-21(29-20)16-6-2-1-3-7-16/h1-9H,10-15H2,(H,23,28). The predicted octanol–water partition coefficient (Wildman–Crippen LogP) is 3.15. The molecule has 4 rings (SSSR count). The van der Waals surface area contributed by atoms with E-state index in [1.165, 1.54) is 0 Å². The van der Waals surface area contributed by atoms with Gasteiger partial charge in [0.2, 0.25) is 17.7 Å². The Bertz CT molecular complexity index is 954. The second-order valence-corrected chi connectivity index (χ2v) is 7.35. The van der Waals surface area contributed by atoms with Gasteiger partial charge in [0.15, 0.2) is 0 Å². The maximum atomic E-state index is 12.3. The van der Waals surface area contributed by atoms with Crippen molar-refractivity contribution in [2.24, 2.45) is 0 Å². The summed E-state index contributed by atoms with van der Waals surface area (Å²) in [4.78, 5) is 16.7. The first kappa shape index (κ1) is 19.6. The van der Waals surface area contributed by atoms with Gasteiger partial charge < -0.3 is 9.73 Å². The largest absolute Gasteiger partial charge is 0.419 e. The van der Waals surface area contributed by atoms with E-state index < -0.39 is 0 Å². The normalized spacial score (nSPS) is 15.3. The number of carbonyl (C=O) groups is 1. The molecule has 7 nitrogen and oxygen atoms in total. The fourth-order valence-electron chi connectivity index (χ4n) is 3.27. The Hall–Kier alpha value is -2.74. The molecule has 0 spiro atoms. The lowest BCUT2D eigenvalue weighted by molar-refractivity contribution is -0.117. The Morgan fingerprint density at radius 3 is 2.41 bits per heavy atom. The molecule has 0 bridgehead atoms. The Morgan fingerprint density at radius 1 is 0.966 bits per heavy atom. The topological polar surface area (TPSA) is 74.5 Å². The molecule has 29 heavy (non-hydrogen) atoms. The minimum absolute atomic E-state index is 0.0593. The first-order chi connectivity index (χ1) is 14.2. The summed E-state index contributed by atoms with van der Waals surface area (Å²) in [7, 11) is 0. The highest BCUT2D eigenvalue weighted by molar-refractivity contribution is 6.33. The lowest BCUT2D eigenvalue weighted by Crippen LogP contribution is -2.48. The zero-order valence-corrected chi connectivity index (χ0v) is 16.7. The summed E-state index contributed by atoms with van der Waals surface area (Å²) in [6, 6.07) is 17.0. The van der Waals surface area contributed by atoms with Crippen molar-refractivity contribution in [3.05, 3.63) is 65.5 Å². The molecule has 1 aliphatic heterocycles. The van der Waals surface area contributed by atoms with Gasteiger partial charge in [0.25, 0.3) is 0 Å². The van der Waals surface area contributed by atoms with Crippen molar-refractivity contribution in [3.63, 3.8) is 0 Å². The predicted molar refractivity (Wildman–Crippen MR) is 112 cm³/mol. The Kier molecular flexibility index (Phi) is 6.19. The van der Waals surface area contributed by atoms with Gasteiger partial charge in [0, 0.05) is 31.7 Å². The molecule has 1 fully saturated rings. The number of para-hydroxylation sites is 1. The summed E-state index contributed by atoms with van der Waals surface area (Å²) in [5.41, 5.74) is 1.56. The lowest BCUT2D eigenvalue weighted by Gasteiger charge is -2.33. The van der Waals surface area contributed by atoms with E-state index in [2.05, 4.69) is 25.3 Å². The number of halogens is 1. The Morgan fingerprint density at radius 2 is 1.66 bits per heavy atom. The molecule has 150 valence electrons. The average molecular weight is 412 g/mol. The van der Waals surface area contributed by atoms with Crippen LogP contribution in [0.4, 0.5) is 5.69 Å². The SMILES string of the molecule is O=C(CN1CCN(Cc2nnc(-c3ccccc3)o2)CC1)Nc1ccccc1Cl. The van der Waals surface area contributed by atoms with Gasteiger partial charge in [-0.1, -0.05) is 41.9 Å². The zero-order chi connectivity index (χ0) is 20.1. The number of hydrogen-bond acceptors (Lipinski definition) is 6. The van der Waals surface area contributed by atoms with E-state index in [1.54, 1.807) is 12.1 Å². The molecule has 1 amide bonds. The van der Waals surface area contributed by atoms with Crippen LogP contribution in [-0.4, -0.2) is 58.6 Å². The molecular formula is C21H22ClN5O2. The van der Waals surface area contributed by atoms with E-state index in [0.717, 1.165) is 31.7 Å². The van der Waals surface area contributed by atoms with Gasteiger partial charge in [-0.3, -0.25) is 14.6 Å². The summed E-state index contributed by atoms with van der Waals surface area (Å²) in [6.45, 7) is 4.23.